The van der Waals surface area contributed by atoms with Gasteiger partial charge in [-0.15, -0.1) is 0 Å². The van der Waals surface area contributed by atoms with Gasteiger partial charge in [-0.05, 0) is 31.5 Å². The summed E-state index contributed by atoms with van der Waals surface area (Å²) in [5, 5.41) is 1.19. The number of carbonyl (C=O) groups excluding carboxylic acids is 1. The fraction of sp³-hybridized carbons (Fsp3) is 0.733. The van der Waals surface area contributed by atoms with E-state index in [4.69, 9.17) is 13.0 Å². The van der Waals surface area contributed by atoms with Crippen LogP contribution in [0.1, 0.15) is 45.0 Å². The maximum atomic E-state index is 11.1. The van der Waals surface area contributed by atoms with Crippen LogP contribution in [0.25, 0.3) is 0 Å². The van der Waals surface area contributed by atoms with Crippen LogP contribution in [0.3, 0.4) is 0 Å². The van der Waals surface area contributed by atoms with Crippen molar-refractivity contribution in [3.05, 3.63) is 11.4 Å². The van der Waals surface area contributed by atoms with Gasteiger partial charge in [0.15, 0.2) is 10.1 Å². The van der Waals surface area contributed by atoms with Crippen molar-refractivity contribution in [2.75, 3.05) is 5.75 Å². The minimum Gasteiger partial charge on any atom is -0.741 e. The van der Waals surface area contributed by atoms with Crippen molar-refractivity contribution in [2.45, 2.75) is 57.1 Å². The molecule has 0 aliphatic carbocycles. The van der Waals surface area contributed by atoms with Gasteiger partial charge in [-0.3, -0.25) is 4.79 Å². The molecule has 0 aromatic carbocycles. The van der Waals surface area contributed by atoms with E-state index < -0.39 is 15.6 Å². The second kappa shape index (κ2) is 10.3. The molecular formula is C15H25F3N2O4S2. The summed E-state index contributed by atoms with van der Waals surface area (Å²) in [6.45, 7) is 6.08. The molecule has 6 nitrogen and oxygen atoms in total. The Morgan fingerprint density at radius 2 is 1.69 bits per heavy atom. The number of aromatic nitrogens is 2. The highest BCUT2D eigenvalue weighted by Crippen LogP contribution is 2.21. The van der Waals surface area contributed by atoms with Crippen molar-refractivity contribution in [3.63, 3.8) is 0 Å². The van der Waals surface area contributed by atoms with Crippen LogP contribution in [0.2, 0.25) is 0 Å². The summed E-state index contributed by atoms with van der Waals surface area (Å²) in [6.07, 6.45) is 4.54. The highest BCUT2D eigenvalue weighted by molar-refractivity contribution is 7.99. The monoisotopic (exact) mass is 418 g/mol. The Bertz CT molecular complexity index is 684. The van der Waals surface area contributed by atoms with E-state index in [1.165, 1.54) is 16.5 Å². The van der Waals surface area contributed by atoms with Gasteiger partial charge in [-0.25, -0.2) is 17.6 Å². The van der Waals surface area contributed by atoms with Gasteiger partial charge in [0.2, 0.25) is 0 Å². The Kier molecular flexibility index (Phi) is 9.89. The SMILES string of the molecule is CCCc1c(CCC)[n+](C)c(SCC(C)=O)n1C.O=S(=O)([O-])C(F)(F)F. The van der Waals surface area contributed by atoms with Crippen molar-refractivity contribution in [1.29, 1.82) is 0 Å². The van der Waals surface area contributed by atoms with Crippen LogP contribution in [0, 0.1) is 0 Å². The maximum Gasteiger partial charge on any atom is 0.485 e. The maximum absolute atomic E-state index is 11.1. The second-order valence-corrected chi connectivity index (χ2v) is 8.00. The highest BCUT2D eigenvalue weighted by Gasteiger charge is 2.36. The summed E-state index contributed by atoms with van der Waals surface area (Å²) >= 11 is 1.64. The zero-order valence-corrected chi connectivity index (χ0v) is 17.1. The van der Waals surface area contributed by atoms with Crippen LogP contribution < -0.4 is 4.57 Å². The van der Waals surface area contributed by atoms with Crippen LogP contribution in [0.15, 0.2) is 5.16 Å². The molecule has 0 spiro atoms. The van der Waals surface area contributed by atoms with Crippen LogP contribution >= 0.6 is 11.8 Å². The molecule has 1 rings (SSSR count). The first-order valence-electron chi connectivity index (χ1n) is 7.98. The zero-order valence-electron chi connectivity index (χ0n) is 15.5. The average Bonchev–Trinajstić information content (AvgIpc) is 2.69. The molecule has 0 unspecified atom stereocenters. The third-order valence-electron chi connectivity index (χ3n) is 3.38. The van der Waals surface area contributed by atoms with E-state index in [0.717, 1.165) is 25.7 Å². The Morgan fingerprint density at radius 3 is 2.04 bits per heavy atom. The predicted molar refractivity (Wildman–Crippen MR) is 91.7 cm³/mol. The van der Waals surface area contributed by atoms with E-state index in [9.17, 15) is 18.0 Å². The van der Waals surface area contributed by atoms with Gasteiger partial charge in [-0.2, -0.15) is 13.2 Å². The summed E-state index contributed by atoms with van der Waals surface area (Å²) in [5.41, 5.74) is -2.80. The average molecular weight is 419 g/mol. The molecule has 26 heavy (non-hydrogen) atoms. The number of rotatable bonds is 7. The molecule has 0 atom stereocenters. The fourth-order valence-corrected chi connectivity index (χ4v) is 3.24. The van der Waals surface area contributed by atoms with Crippen molar-refractivity contribution in [2.24, 2.45) is 14.1 Å². The molecule has 1 aromatic rings. The van der Waals surface area contributed by atoms with Gasteiger partial charge < -0.3 is 4.55 Å². The summed E-state index contributed by atoms with van der Waals surface area (Å²) in [7, 11) is -1.85. The first-order chi connectivity index (χ1) is 11.8. The number of hydrogen-bond acceptors (Lipinski definition) is 5. The topological polar surface area (TPSA) is 83.1 Å². The number of nitrogens with zero attached hydrogens (tertiary/aromatic N) is 2. The van der Waals surface area contributed by atoms with Gasteiger partial charge in [0.1, 0.15) is 17.2 Å². The van der Waals surface area contributed by atoms with Crippen molar-refractivity contribution < 1.29 is 35.5 Å². The Labute approximate surface area is 156 Å². The second-order valence-electron chi connectivity index (χ2n) is 5.68. The molecule has 0 bridgehead atoms. The Balaban J connectivity index is 0.000000660. The van der Waals surface area contributed by atoms with Crippen LogP contribution in [0.4, 0.5) is 13.2 Å². The van der Waals surface area contributed by atoms with E-state index in [0.29, 0.717) is 5.75 Å². The predicted octanol–water partition coefficient (Wildman–Crippen LogP) is 2.49. The minimum atomic E-state index is -6.09. The molecule has 0 fully saturated rings. The number of carbonyl (C=O) groups is 1. The van der Waals surface area contributed by atoms with E-state index in [-0.39, 0.29) is 5.78 Å². The Hall–Kier alpha value is -1.07. The van der Waals surface area contributed by atoms with E-state index >= 15 is 0 Å². The Morgan fingerprint density at radius 1 is 1.23 bits per heavy atom. The van der Waals surface area contributed by atoms with Gasteiger partial charge in [0.05, 0.1) is 19.8 Å². The molecular weight excluding hydrogens is 393 g/mol. The molecule has 0 radical (unpaired) electrons. The molecule has 152 valence electrons. The highest BCUT2D eigenvalue weighted by atomic mass is 32.2. The van der Waals surface area contributed by atoms with E-state index in [1.807, 2.05) is 0 Å². The van der Waals surface area contributed by atoms with Crippen LogP contribution in [-0.4, -0.2) is 34.6 Å². The molecule has 0 saturated heterocycles. The van der Waals surface area contributed by atoms with Crippen LogP contribution in [-0.2, 0) is 41.8 Å². The summed E-state index contributed by atoms with van der Waals surface area (Å²) < 4.78 is 63.4. The van der Waals surface area contributed by atoms with Gasteiger partial charge in [0.25, 0.3) is 0 Å². The number of thioether (sulfide) groups is 1. The molecule has 0 aliphatic heterocycles. The third-order valence-corrected chi connectivity index (χ3v) is 5.30. The van der Waals surface area contributed by atoms with Crippen molar-refractivity contribution in [1.82, 2.24) is 4.57 Å². The van der Waals surface area contributed by atoms with E-state index in [1.54, 1.807) is 18.7 Å². The lowest BCUT2D eigenvalue weighted by Crippen LogP contribution is -2.34. The van der Waals surface area contributed by atoms with Crippen LogP contribution in [0.5, 0.6) is 0 Å². The number of halogens is 3. The minimum absolute atomic E-state index is 0.232. The van der Waals surface area contributed by atoms with Crippen molar-refractivity contribution in [3.8, 4) is 0 Å². The summed E-state index contributed by atoms with van der Waals surface area (Å²) in [6, 6.07) is 0. The first-order valence-corrected chi connectivity index (χ1v) is 10.4. The molecule has 0 saturated carbocycles. The first kappa shape index (κ1) is 24.9. The standard InChI is InChI=1S/C14H25N2OS.CHF3O3S/c1-6-8-12-13(9-7-2)16(5)14(15(12)4)18-10-11(3)17;2-1(3,4)8(5,6)7/h6-10H2,1-5H3;(H,5,6,7)/q+1;/p-1. The zero-order chi connectivity index (χ0) is 20.7. The van der Waals surface area contributed by atoms with Gasteiger partial charge in [0, 0.05) is 12.8 Å². The number of ketones is 1. The molecule has 1 aromatic heterocycles. The fourth-order valence-electron chi connectivity index (χ4n) is 2.30. The van der Waals surface area contributed by atoms with Gasteiger partial charge in [-0.1, -0.05) is 13.8 Å². The lowest BCUT2D eigenvalue weighted by atomic mass is 10.1. The smallest absolute Gasteiger partial charge is 0.485 e. The van der Waals surface area contributed by atoms with Gasteiger partial charge >= 0.3 is 10.7 Å². The molecule has 0 aliphatic rings. The van der Waals surface area contributed by atoms with E-state index in [2.05, 4.69) is 37.1 Å². The lowest BCUT2D eigenvalue weighted by molar-refractivity contribution is -0.716. The summed E-state index contributed by atoms with van der Waals surface area (Å²) in [5.74, 6) is 0.790. The lowest BCUT2D eigenvalue weighted by Gasteiger charge is -2.08. The third kappa shape index (κ3) is 7.28. The number of Topliss-reactive ketones (excluding diaryl/α,β-unsaturated/α-hetero) is 1. The molecule has 11 heteroatoms. The largest absolute Gasteiger partial charge is 0.741 e. The quantitative estimate of drug-likeness (QED) is 0.294. The summed E-state index contributed by atoms with van der Waals surface area (Å²) in [4.78, 5) is 11.1. The number of imidazole rings is 1. The normalized spacial score (nSPS) is 11.9. The number of hydrogen-bond donors (Lipinski definition) is 0. The molecule has 1 heterocycles. The molecule has 0 N–H and O–H groups in total. The van der Waals surface area contributed by atoms with Crippen molar-refractivity contribution >= 4 is 27.7 Å². The molecule has 0 amide bonds. The number of alkyl halides is 3.